The van der Waals surface area contributed by atoms with Crippen molar-refractivity contribution in [2.45, 2.75) is 31.0 Å². The van der Waals surface area contributed by atoms with Crippen molar-refractivity contribution in [1.82, 2.24) is 39.3 Å². The van der Waals surface area contributed by atoms with Crippen LogP contribution in [0.3, 0.4) is 0 Å². The van der Waals surface area contributed by atoms with Gasteiger partial charge in [0, 0.05) is 18.0 Å². The molecule has 37 heavy (non-hydrogen) atoms. The number of hydrogen-bond donors (Lipinski definition) is 0. The molecule has 0 spiro atoms. The number of imidazole rings is 1. The summed E-state index contributed by atoms with van der Waals surface area (Å²) in [5.74, 6) is -0.596. The van der Waals surface area contributed by atoms with Gasteiger partial charge in [-0.05, 0) is 36.0 Å². The van der Waals surface area contributed by atoms with E-state index in [2.05, 4.69) is 30.1 Å². The molecule has 5 heterocycles. The van der Waals surface area contributed by atoms with Crippen molar-refractivity contribution in [3.05, 3.63) is 54.0 Å². The summed E-state index contributed by atoms with van der Waals surface area (Å²) >= 11 is 0. The highest BCUT2D eigenvalue weighted by molar-refractivity contribution is 5.75. The average Bonchev–Trinajstić information content (AvgIpc) is 3.47. The fourth-order valence-electron chi connectivity index (χ4n) is 4.53. The molecule has 14 heteroatoms. The zero-order valence-electron chi connectivity index (χ0n) is 19.4. The molecule has 190 valence electrons. The Bertz CT molecular complexity index is 1650. The number of methoxy groups -OCH3 is 2. The molecule has 10 nitrogen and oxygen atoms in total. The topological polar surface area (TPSA) is 105 Å². The lowest BCUT2D eigenvalue weighted by Crippen LogP contribution is -2.18. The van der Waals surface area contributed by atoms with Gasteiger partial charge in [-0.3, -0.25) is 9.67 Å². The lowest BCUT2D eigenvalue weighted by Gasteiger charge is -2.11. The van der Waals surface area contributed by atoms with Crippen molar-refractivity contribution in [2.24, 2.45) is 0 Å². The van der Waals surface area contributed by atoms with E-state index in [9.17, 15) is 17.6 Å². The molecule has 0 saturated heterocycles. The highest BCUT2D eigenvalue weighted by Crippen LogP contribution is 2.56. The molecule has 1 aliphatic rings. The standard InChI is InChI=1S/C23H18F4N8O2/c1-36-21-15(7-30-22(32-21)37-2)16-5-14(20-29-9-19(24)35(20)33-16)13-4-12(13)11-3-18-17(28-6-11)8-31-34(18)10-23(25,26)27/h3,5-9,12-13H,4,10H2,1-2H3/t12-,13+/m0/s1. The van der Waals surface area contributed by atoms with Crippen LogP contribution in [0.1, 0.15) is 29.4 Å². The minimum atomic E-state index is -4.41. The minimum absolute atomic E-state index is 0.0565. The average molecular weight is 514 g/mol. The number of ether oxygens (including phenoxy) is 2. The molecule has 5 aromatic rings. The SMILES string of the molecule is COc1ncc(-c2cc([C@@H]3C[C@H]3c3cnc4cnn(CC(F)(F)F)c4c3)c3ncc(F)n3n2)c(OC)n1. The summed E-state index contributed by atoms with van der Waals surface area (Å²) in [7, 11) is 2.86. The molecule has 1 aliphatic carbocycles. The Labute approximate surface area is 205 Å². The fourth-order valence-corrected chi connectivity index (χ4v) is 4.53. The summed E-state index contributed by atoms with van der Waals surface area (Å²) in [5, 5.41) is 8.20. The number of pyridine rings is 1. The van der Waals surface area contributed by atoms with E-state index in [0.29, 0.717) is 34.4 Å². The molecule has 0 aromatic carbocycles. The summed E-state index contributed by atoms with van der Waals surface area (Å²) in [6.45, 7) is -1.21. The van der Waals surface area contributed by atoms with Crippen LogP contribution < -0.4 is 9.47 Å². The maximum Gasteiger partial charge on any atom is 0.408 e. The normalized spacial score (nSPS) is 17.5. The Morgan fingerprint density at radius 1 is 1.00 bits per heavy atom. The Morgan fingerprint density at radius 2 is 1.84 bits per heavy atom. The van der Waals surface area contributed by atoms with Crippen LogP contribution in [0.15, 0.2) is 36.9 Å². The van der Waals surface area contributed by atoms with Crippen molar-refractivity contribution in [3.63, 3.8) is 0 Å². The van der Waals surface area contributed by atoms with E-state index in [1.165, 1.54) is 26.6 Å². The molecule has 0 aliphatic heterocycles. The van der Waals surface area contributed by atoms with Crippen molar-refractivity contribution in [3.8, 4) is 23.1 Å². The Balaban J connectivity index is 1.40. The predicted octanol–water partition coefficient (Wildman–Crippen LogP) is 3.92. The molecule has 0 N–H and O–H groups in total. The van der Waals surface area contributed by atoms with Gasteiger partial charge in [-0.2, -0.15) is 37.3 Å². The molecular weight excluding hydrogens is 496 g/mol. The first kappa shape index (κ1) is 23.1. The molecule has 6 rings (SSSR count). The molecule has 0 amide bonds. The lowest BCUT2D eigenvalue weighted by molar-refractivity contribution is -0.141. The zero-order valence-corrected chi connectivity index (χ0v) is 19.4. The number of alkyl halides is 3. The minimum Gasteiger partial charge on any atom is -0.480 e. The summed E-state index contributed by atoms with van der Waals surface area (Å²) < 4.78 is 65.9. The van der Waals surface area contributed by atoms with Gasteiger partial charge in [-0.25, -0.2) is 9.97 Å². The fraction of sp³-hybridized carbons (Fsp3) is 0.304. The van der Waals surface area contributed by atoms with E-state index < -0.39 is 18.7 Å². The summed E-state index contributed by atoms with van der Waals surface area (Å²) in [6, 6.07) is 3.56. The highest BCUT2D eigenvalue weighted by atomic mass is 19.4. The third kappa shape index (κ3) is 4.07. The van der Waals surface area contributed by atoms with Gasteiger partial charge < -0.3 is 9.47 Å². The predicted molar refractivity (Wildman–Crippen MR) is 121 cm³/mol. The smallest absolute Gasteiger partial charge is 0.408 e. The number of halogens is 4. The van der Waals surface area contributed by atoms with Crippen LogP contribution >= 0.6 is 0 Å². The number of rotatable bonds is 6. The van der Waals surface area contributed by atoms with E-state index in [4.69, 9.17) is 9.47 Å². The van der Waals surface area contributed by atoms with Crippen molar-refractivity contribution in [2.75, 3.05) is 14.2 Å². The Morgan fingerprint density at radius 3 is 2.59 bits per heavy atom. The monoisotopic (exact) mass is 514 g/mol. The largest absolute Gasteiger partial charge is 0.480 e. The third-order valence-corrected chi connectivity index (χ3v) is 6.30. The van der Waals surface area contributed by atoms with E-state index in [1.807, 2.05) is 0 Å². The summed E-state index contributed by atoms with van der Waals surface area (Å²) in [6.07, 6.45) is 1.76. The van der Waals surface area contributed by atoms with Crippen LogP contribution in [0, 0.1) is 5.95 Å². The van der Waals surface area contributed by atoms with Crippen LogP contribution in [0.2, 0.25) is 0 Å². The van der Waals surface area contributed by atoms with Crippen LogP contribution in [0.5, 0.6) is 11.9 Å². The molecule has 0 unspecified atom stereocenters. The van der Waals surface area contributed by atoms with Gasteiger partial charge in [-0.15, -0.1) is 0 Å². The second kappa shape index (κ2) is 8.35. The zero-order chi connectivity index (χ0) is 25.9. The van der Waals surface area contributed by atoms with Gasteiger partial charge in [0.05, 0.1) is 43.4 Å². The second-order valence-corrected chi connectivity index (χ2v) is 8.62. The molecule has 1 fully saturated rings. The number of nitrogens with zero attached hydrogens (tertiary/aromatic N) is 8. The molecule has 2 atom stereocenters. The molecule has 1 saturated carbocycles. The quantitative estimate of drug-likeness (QED) is 0.314. The Kier molecular flexibility index (Phi) is 5.21. The van der Waals surface area contributed by atoms with E-state index in [0.717, 1.165) is 26.5 Å². The second-order valence-electron chi connectivity index (χ2n) is 8.62. The van der Waals surface area contributed by atoms with Gasteiger partial charge in [0.1, 0.15) is 12.1 Å². The van der Waals surface area contributed by atoms with Crippen LogP contribution in [0.4, 0.5) is 17.6 Å². The van der Waals surface area contributed by atoms with Gasteiger partial charge in [0.25, 0.3) is 0 Å². The van der Waals surface area contributed by atoms with Crippen LogP contribution in [0.25, 0.3) is 27.9 Å². The third-order valence-electron chi connectivity index (χ3n) is 6.30. The maximum absolute atomic E-state index is 14.6. The number of hydrogen-bond acceptors (Lipinski definition) is 8. The first-order valence-electron chi connectivity index (χ1n) is 11.1. The molecule has 0 bridgehead atoms. The van der Waals surface area contributed by atoms with Gasteiger partial charge in [-0.1, -0.05) is 0 Å². The first-order chi connectivity index (χ1) is 17.8. The number of aromatic nitrogens is 8. The summed E-state index contributed by atoms with van der Waals surface area (Å²) in [4.78, 5) is 16.8. The molecule has 5 aromatic heterocycles. The van der Waals surface area contributed by atoms with Crippen LogP contribution in [-0.4, -0.2) is 59.7 Å². The van der Waals surface area contributed by atoms with Crippen LogP contribution in [-0.2, 0) is 6.54 Å². The van der Waals surface area contributed by atoms with E-state index in [-0.39, 0.29) is 23.7 Å². The summed E-state index contributed by atoms with van der Waals surface area (Å²) in [5.41, 5.74) is 3.29. The van der Waals surface area contributed by atoms with Gasteiger partial charge in [0.2, 0.25) is 11.8 Å². The van der Waals surface area contributed by atoms with Crippen molar-refractivity contribution < 1.29 is 27.0 Å². The Hall–Kier alpha value is -4.36. The number of fused-ring (bicyclic) bond motifs is 2. The van der Waals surface area contributed by atoms with Gasteiger partial charge in [0.15, 0.2) is 5.65 Å². The first-order valence-corrected chi connectivity index (χ1v) is 11.1. The lowest BCUT2D eigenvalue weighted by atomic mass is 10.0. The van der Waals surface area contributed by atoms with Crippen molar-refractivity contribution in [1.29, 1.82) is 0 Å². The van der Waals surface area contributed by atoms with E-state index in [1.54, 1.807) is 18.3 Å². The van der Waals surface area contributed by atoms with E-state index >= 15 is 0 Å². The maximum atomic E-state index is 14.6. The van der Waals surface area contributed by atoms with Gasteiger partial charge >= 0.3 is 12.2 Å². The highest BCUT2D eigenvalue weighted by Gasteiger charge is 2.42. The molecule has 0 radical (unpaired) electrons. The van der Waals surface area contributed by atoms with Crippen molar-refractivity contribution >= 4 is 16.7 Å². The molecular formula is C23H18F4N8O2.